The van der Waals surface area contributed by atoms with Gasteiger partial charge in [-0.2, -0.15) is 5.10 Å². The van der Waals surface area contributed by atoms with E-state index < -0.39 is 0 Å². The van der Waals surface area contributed by atoms with Crippen molar-refractivity contribution in [2.75, 3.05) is 0 Å². The van der Waals surface area contributed by atoms with E-state index in [0.29, 0.717) is 0 Å². The number of hydrogen-bond acceptors (Lipinski definition) is 2. The first kappa shape index (κ1) is 12.5. The third kappa shape index (κ3) is 3.52. The lowest BCUT2D eigenvalue weighted by molar-refractivity contribution is 0.553. The zero-order valence-corrected chi connectivity index (χ0v) is 12.1. The van der Waals surface area contributed by atoms with Crippen LogP contribution in [-0.4, -0.2) is 14.8 Å². The van der Waals surface area contributed by atoms with E-state index in [1.54, 1.807) is 0 Å². The fraction of sp³-hybridized carbons (Fsp3) is 0.385. The van der Waals surface area contributed by atoms with E-state index in [4.69, 9.17) is 0 Å². The number of nitrogens with zero attached hydrogens (tertiary/aromatic N) is 3. The molecule has 0 bridgehead atoms. The average Bonchev–Trinajstić information content (AvgIpc) is 2.79. The molecule has 0 saturated heterocycles. The van der Waals surface area contributed by atoms with E-state index in [1.807, 2.05) is 11.0 Å². The second kappa shape index (κ2) is 6.14. The highest BCUT2D eigenvalue weighted by Crippen LogP contribution is 2.16. The average molecular weight is 341 g/mol. The van der Waals surface area contributed by atoms with Crippen LogP contribution in [0.25, 0.3) is 11.4 Å². The third-order valence-corrected chi connectivity index (χ3v) is 3.35. The normalized spacial score (nSPS) is 10.7. The van der Waals surface area contributed by atoms with Gasteiger partial charge in [-0.05, 0) is 41.1 Å². The zero-order chi connectivity index (χ0) is 12.1. The van der Waals surface area contributed by atoms with Crippen LogP contribution in [0.3, 0.4) is 0 Å². The van der Waals surface area contributed by atoms with Crippen molar-refractivity contribution < 1.29 is 0 Å². The minimum Gasteiger partial charge on any atom is -0.252 e. The monoisotopic (exact) mass is 341 g/mol. The molecule has 1 aromatic carbocycles. The topological polar surface area (TPSA) is 30.7 Å². The maximum absolute atomic E-state index is 4.49. The van der Waals surface area contributed by atoms with Crippen molar-refractivity contribution in [3.8, 4) is 11.4 Å². The minimum absolute atomic E-state index is 0.817. The summed E-state index contributed by atoms with van der Waals surface area (Å²) in [5.41, 5.74) is 1.08. The molecule has 3 nitrogen and oxygen atoms in total. The smallest absolute Gasteiger partial charge is 0.181 e. The predicted octanol–water partition coefficient (Wildman–Crippen LogP) is 3.74. The Hall–Kier alpha value is -0.910. The van der Waals surface area contributed by atoms with Crippen molar-refractivity contribution >= 4 is 22.6 Å². The highest BCUT2D eigenvalue weighted by atomic mass is 127. The van der Waals surface area contributed by atoms with Gasteiger partial charge in [0.05, 0.1) is 0 Å². The molecule has 0 aliphatic rings. The highest BCUT2D eigenvalue weighted by molar-refractivity contribution is 14.1. The first-order valence-electron chi connectivity index (χ1n) is 5.95. The van der Waals surface area contributed by atoms with Gasteiger partial charge in [-0.3, -0.25) is 4.68 Å². The van der Waals surface area contributed by atoms with Crippen LogP contribution in [0.15, 0.2) is 30.6 Å². The summed E-state index contributed by atoms with van der Waals surface area (Å²) in [5, 5.41) is 4.49. The largest absolute Gasteiger partial charge is 0.252 e. The number of rotatable bonds is 5. The summed E-state index contributed by atoms with van der Waals surface area (Å²) >= 11 is 2.30. The molecule has 0 aliphatic carbocycles. The standard InChI is InChI=1S/C13H16IN3/c1-2-3-4-9-17-10-15-13(16-17)11-5-7-12(14)8-6-11/h5-8,10H,2-4,9H2,1H3. The molecule has 0 atom stereocenters. The highest BCUT2D eigenvalue weighted by Gasteiger charge is 2.03. The number of aromatic nitrogens is 3. The van der Waals surface area contributed by atoms with Gasteiger partial charge in [0.25, 0.3) is 0 Å². The molecule has 2 rings (SSSR count). The lowest BCUT2D eigenvalue weighted by atomic mass is 10.2. The van der Waals surface area contributed by atoms with Crippen LogP contribution < -0.4 is 0 Å². The molecule has 0 radical (unpaired) electrons. The molecule has 0 spiro atoms. The molecule has 0 amide bonds. The molecule has 1 heterocycles. The Bertz CT molecular complexity index is 462. The van der Waals surface area contributed by atoms with Crippen molar-refractivity contribution in [3.05, 3.63) is 34.2 Å². The summed E-state index contributed by atoms with van der Waals surface area (Å²) < 4.78 is 3.16. The predicted molar refractivity (Wildman–Crippen MR) is 77.7 cm³/mol. The summed E-state index contributed by atoms with van der Waals surface area (Å²) in [6.45, 7) is 3.17. The number of benzene rings is 1. The Morgan fingerprint density at radius 1 is 1.18 bits per heavy atom. The maximum atomic E-state index is 4.49. The molecule has 0 unspecified atom stereocenters. The van der Waals surface area contributed by atoms with Crippen LogP contribution in [0.4, 0.5) is 0 Å². The van der Waals surface area contributed by atoms with Crippen LogP contribution >= 0.6 is 22.6 Å². The van der Waals surface area contributed by atoms with E-state index in [2.05, 4.69) is 63.9 Å². The Kier molecular flexibility index (Phi) is 4.53. The second-order valence-corrected chi connectivity index (χ2v) is 5.29. The van der Waals surface area contributed by atoms with Gasteiger partial charge in [-0.25, -0.2) is 4.98 Å². The molecule has 4 heteroatoms. The summed E-state index contributed by atoms with van der Waals surface area (Å²) in [7, 11) is 0. The van der Waals surface area contributed by atoms with Gasteiger partial charge in [-0.15, -0.1) is 0 Å². The van der Waals surface area contributed by atoms with Gasteiger partial charge in [-0.1, -0.05) is 31.9 Å². The molecular formula is C13H16IN3. The second-order valence-electron chi connectivity index (χ2n) is 4.05. The number of hydrogen-bond donors (Lipinski definition) is 0. The Balaban J connectivity index is 2.04. The Morgan fingerprint density at radius 3 is 2.65 bits per heavy atom. The van der Waals surface area contributed by atoms with Crippen LogP contribution in [0.1, 0.15) is 26.2 Å². The molecule has 0 aliphatic heterocycles. The maximum Gasteiger partial charge on any atom is 0.181 e. The number of aryl methyl sites for hydroxylation is 1. The first-order chi connectivity index (χ1) is 8.29. The molecule has 0 fully saturated rings. The fourth-order valence-electron chi connectivity index (χ4n) is 1.66. The summed E-state index contributed by atoms with van der Waals surface area (Å²) in [5.74, 6) is 0.817. The van der Waals surface area contributed by atoms with Crippen LogP contribution in [0, 0.1) is 3.57 Å². The van der Waals surface area contributed by atoms with Gasteiger partial charge in [0.15, 0.2) is 5.82 Å². The van der Waals surface area contributed by atoms with Gasteiger partial charge in [0.2, 0.25) is 0 Å². The van der Waals surface area contributed by atoms with Gasteiger partial charge < -0.3 is 0 Å². The van der Waals surface area contributed by atoms with E-state index >= 15 is 0 Å². The summed E-state index contributed by atoms with van der Waals surface area (Å²) in [6.07, 6.45) is 5.48. The first-order valence-corrected chi connectivity index (χ1v) is 7.03. The summed E-state index contributed by atoms with van der Waals surface area (Å²) in [6, 6.07) is 8.28. The molecule has 0 N–H and O–H groups in total. The lowest BCUT2D eigenvalue weighted by Crippen LogP contribution is -1.98. The van der Waals surface area contributed by atoms with E-state index in [1.165, 1.54) is 22.8 Å². The van der Waals surface area contributed by atoms with Crippen LogP contribution in [0.5, 0.6) is 0 Å². The SMILES string of the molecule is CCCCCn1cnc(-c2ccc(I)cc2)n1. The third-order valence-electron chi connectivity index (χ3n) is 2.63. The zero-order valence-electron chi connectivity index (χ0n) is 9.93. The molecule has 1 aromatic heterocycles. The van der Waals surface area contributed by atoms with Crippen molar-refractivity contribution in [2.24, 2.45) is 0 Å². The number of halogens is 1. The Morgan fingerprint density at radius 2 is 1.94 bits per heavy atom. The van der Waals surface area contributed by atoms with E-state index in [9.17, 15) is 0 Å². The quantitative estimate of drug-likeness (QED) is 0.613. The van der Waals surface area contributed by atoms with Gasteiger partial charge in [0.1, 0.15) is 6.33 Å². The minimum atomic E-state index is 0.817. The summed E-state index contributed by atoms with van der Waals surface area (Å²) in [4.78, 5) is 4.34. The van der Waals surface area contributed by atoms with E-state index in [-0.39, 0.29) is 0 Å². The van der Waals surface area contributed by atoms with Gasteiger partial charge >= 0.3 is 0 Å². The van der Waals surface area contributed by atoms with Gasteiger partial charge in [0, 0.05) is 15.7 Å². The van der Waals surface area contributed by atoms with Crippen molar-refractivity contribution in [3.63, 3.8) is 0 Å². The van der Waals surface area contributed by atoms with Crippen molar-refractivity contribution in [1.29, 1.82) is 0 Å². The Labute approximate surface area is 115 Å². The molecule has 0 saturated carbocycles. The van der Waals surface area contributed by atoms with Crippen molar-refractivity contribution in [1.82, 2.24) is 14.8 Å². The molecule has 90 valence electrons. The van der Waals surface area contributed by atoms with Crippen LogP contribution in [-0.2, 0) is 6.54 Å². The van der Waals surface area contributed by atoms with Crippen molar-refractivity contribution in [2.45, 2.75) is 32.7 Å². The lowest BCUT2D eigenvalue weighted by Gasteiger charge is -1.98. The number of unbranched alkanes of at least 4 members (excludes halogenated alkanes) is 2. The molecule has 17 heavy (non-hydrogen) atoms. The molecule has 2 aromatic rings. The van der Waals surface area contributed by atoms with E-state index in [0.717, 1.165) is 17.9 Å². The molecular weight excluding hydrogens is 325 g/mol. The fourth-order valence-corrected chi connectivity index (χ4v) is 2.02. The van der Waals surface area contributed by atoms with Crippen LogP contribution in [0.2, 0.25) is 0 Å².